The predicted octanol–water partition coefficient (Wildman–Crippen LogP) is -0.731. The summed E-state index contributed by atoms with van der Waals surface area (Å²) in [5.74, 6) is -1.43. The number of anilines is 2. The summed E-state index contributed by atoms with van der Waals surface area (Å²) in [6, 6.07) is 17.3. The molecule has 11 heteroatoms. The first-order valence-electron chi connectivity index (χ1n) is 12.5. The molecule has 2 aromatic carbocycles. The average molecular weight is 602 g/mol. The van der Waals surface area contributed by atoms with E-state index in [0.717, 1.165) is 35.1 Å². The number of hydrogen-bond donors (Lipinski definition) is 0. The zero-order valence-corrected chi connectivity index (χ0v) is 27.2. The fraction of sp³-hybridized carbons (Fsp3) is 0.286. The number of amides is 1. The van der Waals surface area contributed by atoms with Crippen molar-refractivity contribution < 1.29 is 66.1 Å². The van der Waals surface area contributed by atoms with Crippen molar-refractivity contribution in [2.24, 2.45) is 0 Å². The van der Waals surface area contributed by atoms with Crippen molar-refractivity contribution in [3.05, 3.63) is 79.2 Å². The van der Waals surface area contributed by atoms with Crippen LogP contribution in [0.5, 0.6) is 0 Å². The van der Waals surface area contributed by atoms with Gasteiger partial charge in [-0.15, -0.1) is 11.3 Å². The number of aliphatic carboxylic acids is 1. The van der Waals surface area contributed by atoms with Crippen LogP contribution < -0.4 is 76.1 Å². The molecule has 1 saturated carbocycles. The number of hydrogen-bond acceptors (Lipinski definition) is 8. The third kappa shape index (κ3) is 5.16. The Bertz CT molecular complexity index is 1670. The van der Waals surface area contributed by atoms with E-state index in [-0.39, 0.29) is 66.2 Å². The molecule has 3 aromatic rings. The Labute approximate surface area is 281 Å². The van der Waals surface area contributed by atoms with Crippen LogP contribution in [0.4, 0.5) is 11.4 Å². The summed E-state index contributed by atoms with van der Waals surface area (Å²) in [4.78, 5) is 41.1. The number of thiazole rings is 1. The van der Waals surface area contributed by atoms with Crippen molar-refractivity contribution in [3.8, 4) is 0 Å². The van der Waals surface area contributed by atoms with Gasteiger partial charge in [0.25, 0.3) is 11.5 Å². The minimum absolute atomic E-state index is 0. The van der Waals surface area contributed by atoms with Gasteiger partial charge in [0, 0.05) is 29.9 Å². The van der Waals surface area contributed by atoms with Crippen molar-refractivity contribution in [2.45, 2.75) is 44.7 Å². The fourth-order valence-electron chi connectivity index (χ4n) is 5.81. The Morgan fingerprint density at radius 1 is 1.15 bits per heavy atom. The molecular formula is C28H24KN3O4S3. The second kappa shape index (κ2) is 11.7. The number of carbonyl (C=O) groups excluding carboxylic acids is 2. The summed E-state index contributed by atoms with van der Waals surface area (Å²) in [6.45, 7) is 1.62. The number of aromatic nitrogens is 1. The molecule has 0 bridgehead atoms. The van der Waals surface area contributed by atoms with Crippen LogP contribution in [0.25, 0.3) is 11.0 Å². The van der Waals surface area contributed by atoms with Crippen LogP contribution >= 0.6 is 35.3 Å². The van der Waals surface area contributed by atoms with Gasteiger partial charge in [-0.05, 0) is 61.2 Å². The molecule has 7 nitrogen and oxygen atoms in total. The van der Waals surface area contributed by atoms with Gasteiger partial charge in [-0.3, -0.25) is 19.1 Å². The molecule has 6 rings (SSSR count). The van der Waals surface area contributed by atoms with Gasteiger partial charge >= 0.3 is 51.4 Å². The van der Waals surface area contributed by atoms with Crippen LogP contribution in [0.1, 0.15) is 43.2 Å². The molecular weight excluding hydrogens is 578 g/mol. The molecule has 2 aliphatic heterocycles. The van der Waals surface area contributed by atoms with Crippen LogP contribution in [-0.2, 0) is 16.1 Å². The Hall–Kier alpha value is -1.57. The van der Waals surface area contributed by atoms with Gasteiger partial charge in [0.1, 0.15) is 13.9 Å². The SMILES string of the molecule is CCn1c(=O)/c(=C/c2ccc3c(c2)C2CCCC2N3c2ccccc2)s/c1=C1\SC(=S)N(CC(=O)[O-])C1=O.[K+]. The fourth-order valence-corrected chi connectivity index (χ4v) is 8.39. The van der Waals surface area contributed by atoms with Crippen LogP contribution in [0.2, 0.25) is 0 Å². The molecule has 0 N–H and O–H groups in total. The number of nitrogens with zero attached hydrogens (tertiary/aromatic N) is 3. The van der Waals surface area contributed by atoms with Crippen molar-refractivity contribution >= 4 is 73.9 Å². The molecule has 1 amide bonds. The van der Waals surface area contributed by atoms with Crippen LogP contribution in [0.3, 0.4) is 0 Å². The van der Waals surface area contributed by atoms with E-state index in [4.69, 9.17) is 12.2 Å². The molecule has 2 unspecified atom stereocenters. The number of rotatable bonds is 5. The second-order valence-electron chi connectivity index (χ2n) is 9.55. The number of carboxylic acids is 1. The maximum Gasteiger partial charge on any atom is 1.00 e. The van der Waals surface area contributed by atoms with Gasteiger partial charge < -0.3 is 14.8 Å². The van der Waals surface area contributed by atoms with Gasteiger partial charge in [0.05, 0.1) is 17.0 Å². The van der Waals surface area contributed by atoms with Gasteiger partial charge in [0.15, 0.2) is 0 Å². The maximum atomic E-state index is 13.3. The number of carbonyl (C=O) groups is 2. The van der Waals surface area contributed by atoms with Crippen LogP contribution in [0, 0.1) is 0 Å². The summed E-state index contributed by atoms with van der Waals surface area (Å²) < 4.78 is 2.72. The molecule has 39 heavy (non-hydrogen) atoms. The first kappa shape index (κ1) is 28.9. The standard InChI is InChI=1S/C28H25N3O4S3.K/c1-2-29-25(34)22(37-27(29)24-26(35)30(15-23(32)33)28(36)38-24)14-16-11-12-21-19(13-16)18-9-6-10-20(18)31(21)17-7-4-3-5-8-17;/h3-5,7-8,11-14,18,20H,2,6,9-10,15H2,1H3,(H,32,33);/q;+1/p-1/b22-14-,27-24-;. The van der Waals surface area contributed by atoms with E-state index in [1.165, 1.54) is 34.7 Å². The first-order valence-corrected chi connectivity index (χ1v) is 14.6. The van der Waals surface area contributed by atoms with Gasteiger partial charge in [-0.2, -0.15) is 0 Å². The van der Waals surface area contributed by atoms with Gasteiger partial charge in [-0.25, -0.2) is 0 Å². The zero-order chi connectivity index (χ0) is 26.6. The normalized spacial score (nSPS) is 21.8. The zero-order valence-electron chi connectivity index (χ0n) is 21.6. The minimum atomic E-state index is -1.39. The number of thiocarbonyl (C=S) groups is 1. The molecule has 0 radical (unpaired) electrons. The molecule has 1 aliphatic carbocycles. The summed E-state index contributed by atoms with van der Waals surface area (Å²) >= 11 is 7.49. The smallest absolute Gasteiger partial charge is 0.548 e. The molecule has 2 fully saturated rings. The summed E-state index contributed by atoms with van der Waals surface area (Å²) in [5.41, 5.74) is 4.52. The first-order chi connectivity index (χ1) is 18.4. The van der Waals surface area contributed by atoms with E-state index in [1.54, 1.807) is 4.57 Å². The van der Waals surface area contributed by atoms with E-state index in [1.807, 2.05) is 25.1 Å². The maximum absolute atomic E-state index is 13.3. The summed E-state index contributed by atoms with van der Waals surface area (Å²) in [6.07, 6.45) is 5.39. The number of fused-ring (bicyclic) bond motifs is 3. The van der Waals surface area contributed by atoms with Gasteiger partial charge in [-0.1, -0.05) is 54.7 Å². The number of thioether (sulfide) groups is 1. The van der Waals surface area contributed by atoms with E-state index in [2.05, 4.69) is 41.3 Å². The monoisotopic (exact) mass is 601 g/mol. The van der Waals surface area contributed by atoms with E-state index in [0.29, 0.717) is 27.7 Å². The van der Waals surface area contributed by atoms with Crippen molar-refractivity contribution in [3.63, 3.8) is 0 Å². The molecule has 1 aromatic heterocycles. The average Bonchev–Trinajstić information content (AvgIpc) is 3.64. The molecule has 0 spiro atoms. The van der Waals surface area contributed by atoms with Crippen molar-refractivity contribution in [1.29, 1.82) is 0 Å². The largest absolute Gasteiger partial charge is 1.00 e. The number of carboxylic acid groups (broad SMARTS) is 1. The second-order valence-corrected chi connectivity index (χ2v) is 12.2. The van der Waals surface area contributed by atoms with E-state index >= 15 is 0 Å². The van der Waals surface area contributed by atoms with Crippen molar-refractivity contribution in [2.75, 3.05) is 11.4 Å². The Kier molecular flexibility index (Phi) is 8.70. The van der Waals surface area contributed by atoms with E-state index < -0.39 is 18.4 Å². The van der Waals surface area contributed by atoms with Crippen LogP contribution in [-0.4, -0.2) is 38.3 Å². The molecule has 3 heterocycles. The molecule has 194 valence electrons. The summed E-state index contributed by atoms with van der Waals surface area (Å²) in [5, 5.41) is 11.1. The third-order valence-corrected chi connectivity index (χ3v) is 10.1. The Balaban J connectivity index is 0.00000308. The molecule has 2 atom stereocenters. The number of para-hydroxylation sites is 1. The number of benzene rings is 2. The Morgan fingerprint density at radius 3 is 2.64 bits per heavy atom. The summed E-state index contributed by atoms with van der Waals surface area (Å²) in [7, 11) is 0. The van der Waals surface area contributed by atoms with Crippen LogP contribution in [0.15, 0.2) is 53.3 Å². The van der Waals surface area contributed by atoms with E-state index in [9.17, 15) is 19.5 Å². The Morgan fingerprint density at radius 2 is 1.92 bits per heavy atom. The quantitative estimate of drug-likeness (QED) is 0.282. The predicted molar refractivity (Wildman–Crippen MR) is 153 cm³/mol. The molecule has 1 saturated heterocycles. The minimum Gasteiger partial charge on any atom is -0.548 e. The topological polar surface area (TPSA) is 85.7 Å². The van der Waals surface area contributed by atoms with Crippen molar-refractivity contribution in [1.82, 2.24) is 9.47 Å². The third-order valence-electron chi connectivity index (χ3n) is 7.41. The molecule has 3 aliphatic rings. The van der Waals surface area contributed by atoms with Gasteiger partial charge in [0.2, 0.25) is 0 Å².